The molecule has 226 valence electrons. The maximum Gasteiger partial charge on any atom is 0.406 e. The highest BCUT2D eigenvalue weighted by molar-refractivity contribution is 5.75. The second-order valence-corrected chi connectivity index (χ2v) is 12.9. The number of rotatable bonds is 7. The molecule has 8 heteroatoms. The molecule has 0 rings (SSSR count). The van der Waals surface area contributed by atoms with Crippen LogP contribution in [0, 0.1) is 21.7 Å². The van der Waals surface area contributed by atoms with E-state index >= 15 is 0 Å². The lowest BCUT2D eigenvalue weighted by Gasteiger charge is -2.23. The molecular weight excluding hydrogens is 483 g/mol. The molecule has 0 fully saturated rings. The quantitative estimate of drug-likeness (QED) is 0.256. The third-order valence-electron chi connectivity index (χ3n) is 5.98. The Bertz CT molecular complexity index is 573. The monoisotopic (exact) mass is 543 g/mol. The van der Waals surface area contributed by atoms with Gasteiger partial charge in [0.25, 0.3) is 0 Å². The summed E-state index contributed by atoms with van der Waals surface area (Å²) in [5, 5.41) is 2.42. The van der Waals surface area contributed by atoms with Gasteiger partial charge in [0.05, 0.1) is 19.1 Å². The van der Waals surface area contributed by atoms with Gasteiger partial charge in [-0.15, -0.1) is 0 Å². The second-order valence-electron chi connectivity index (χ2n) is 12.9. The maximum absolute atomic E-state index is 11.7. The smallest absolute Gasteiger partial charge is 0.406 e. The number of alkyl halides is 3. The number of esters is 1. The standard InChI is InChI=1S/C10H19NO4.C7H13F3.2C6H14/c1-5-10(2,3)8(12)15-7-6-11-9(13)14-4;1-4-6(2,3)5-7(8,9)10;2*1-5-6(2,3)4/h5-7H2,1-4H3,(H,11,13);4-5H2,1-3H3;2*5H2,1-4H3. The molecule has 1 amide bonds. The predicted molar refractivity (Wildman–Crippen MR) is 150 cm³/mol. The second kappa shape index (κ2) is 19.6. The van der Waals surface area contributed by atoms with Crippen LogP contribution in [0.15, 0.2) is 0 Å². The van der Waals surface area contributed by atoms with Crippen molar-refractivity contribution in [1.29, 1.82) is 0 Å². The molecule has 0 saturated carbocycles. The highest BCUT2D eigenvalue weighted by Gasteiger charge is 2.35. The third kappa shape index (κ3) is 36.8. The third-order valence-corrected chi connectivity index (χ3v) is 5.98. The van der Waals surface area contributed by atoms with Crippen molar-refractivity contribution in [2.75, 3.05) is 20.3 Å². The van der Waals surface area contributed by atoms with Gasteiger partial charge < -0.3 is 14.8 Å². The van der Waals surface area contributed by atoms with Gasteiger partial charge in [0.2, 0.25) is 0 Å². The van der Waals surface area contributed by atoms with Gasteiger partial charge in [0.15, 0.2) is 0 Å². The van der Waals surface area contributed by atoms with Crippen LogP contribution in [-0.4, -0.2) is 38.5 Å². The average molecular weight is 544 g/mol. The Morgan fingerprint density at radius 2 is 1.08 bits per heavy atom. The fourth-order valence-electron chi connectivity index (χ4n) is 1.38. The van der Waals surface area contributed by atoms with E-state index in [9.17, 15) is 22.8 Å². The van der Waals surface area contributed by atoms with Gasteiger partial charge in [-0.1, -0.05) is 102 Å². The van der Waals surface area contributed by atoms with Crippen molar-refractivity contribution in [3.63, 3.8) is 0 Å². The van der Waals surface area contributed by atoms with Gasteiger partial charge in [0, 0.05) is 6.42 Å². The molecule has 0 aromatic carbocycles. The summed E-state index contributed by atoms with van der Waals surface area (Å²) >= 11 is 0. The van der Waals surface area contributed by atoms with Crippen molar-refractivity contribution in [3.05, 3.63) is 0 Å². The van der Waals surface area contributed by atoms with E-state index in [0.717, 1.165) is 6.42 Å². The van der Waals surface area contributed by atoms with Crippen LogP contribution >= 0.6 is 0 Å². The van der Waals surface area contributed by atoms with Crippen LogP contribution in [0.3, 0.4) is 0 Å². The van der Waals surface area contributed by atoms with Crippen molar-refractivity contribution < 1.29 is 32.2 Å². The summed E-state index contributed by atoms with van der Waals surface area (Å²) in [5.41, 5.74) is 0.0174. The summed E-state index contributed by atoms with van der Waals surface area (Å²) in [4.78, 5) is 22.1. The lowest BCUT2D eigenvalue weighted by Crippen LogP contribution is -2.31. The van der Waals surface area contributed by atoms with Crippen molar-refractivity contribution in [2.45, 2.75) is 135 Å². The molecule has 1 N–H and O–H groups in total. The number of methoxy groups -OCH3 is 1. The number of nitrogens with one attached hydrogen (secondary N) is 1. The average Bonchev–Trinajstić information content (AvgIpc) is 2.75. The van der Waals surface area contributed by atoms with Gasteiger partial charge in [-0.05, 0) is 36.5 Å². The Kier molecular flexibility index (Phi) is 22.5. The SMILES string of the molecule is CCC(C)(C)C.CCC(C)(C)C.CCC(C)(C)C(=O)OCCNC(=O)OC.CCC(C)(C)CC(F)(F)F. The molecule has 0 aromatic heterocycles. The zero-order valence-corrected chi connectivity index (χ0v) is 26.7. The number of carbonyl (C=O) groups excluding carboxylic acids is 2. The van der Waals surface area contributed by atoms with Crippen LogP contribution in [0.4, 0.5) is 18.0 Å². The molecule has 0 aliphatic rings. The normalized spacial score (nSPS) is 11.9. The Morgan fingerprint density at radius 3 is 1.30 bits per heavy atom. The Morgan fingerprint density at radius 1 is 0.703 bits per heavy atom. The highest BCUT2D eigenvalue weighted by Crippen LogP contribution is 2.35. The molecule has 37 heavy (non-hydrogen) atoms. The van der Waals surface area contributed by atoms with Gasteiger partial charge in [-0.2, -0.15) is 13.2 Å². The summed E-state index contributed by atoms with van der Waals surface area (Å²) in [5.74, 6) is -0.253. The van der Waals surface area contributed by atoms with E-state index in [1.54, 1.807) is 20.8 Å². The lowest BCUT2D eigenvalue weighted by molar-refractivity contribution is -0.155. The van der Waals surface area contributed by atoms with Crippen LogP contribution in [-0.2, 0) is 14.3 Å². The number of hydrogen-bond acceptors (Lipinski definition) is 4. The molecular formula is C29H60F3NO4. The van der Waals surface area contributed by atoms with Crippen molar-refractivity contribution >= 4 is 12.1 Å². The van der Waals surface area contributed by atoms with E-state index in [2.05, 4.69) is 65.4 Å². The zero-order chi connectivity index (χ0) is 30.7. The molecule has 0 radical (unpaired) electrons. The number of amides is 1. The van der Waals surface area contributed by atoms with Crippen LogP contribution < -0.4 is 5.32 Å². The number of carbonyl (C=O) groups is 2. The molecule has 0 aliphatic heterocycles. The summed E-state index contributed by atoms with van der Waals surface area (Å²) < 4.78 is 44.6. The van der Waals surface area contributed by atoms with Gasteiger partial charge in [-0.3, -0.25) is 4.79 Å². The van der Waals surface area contributed by atoms with E-state index in [0.29, 0.717) is 17.3 Å². The van der Waals surface area contributed by atoms with Crippen molar-refractivity contribution in [2.24, 2.45) is 21.7 Å². The largest absolute Gasteiger partial charge is 0.463 e. The Hall–Kier alpha value is -1.47. The van der Waals surface area contributed by atoms with Crippen LogP contribution in [0.1, 0.15) is 129 Å². The minimum absolute atomic E-state index is 0.164. The van der Waals surface area contributed by atoms with E-state index in [-0.39, 0.29) is 19.1 Å². The molecule has 0 saturated heterocycles. The van der Waals surface area contributed by atoms with E-state index in [1.807, 2.05) is 20.8 Å². The molecule has 0 unspecified atom stereocenters. The molecule has 0 bridgehead atoms. The van der Waals surface area contributed by atoms with Crippen molar-refractivity contribution in [1.82, 2.24) is 5.32 Å². The molecule has 0 aromatic rings. The summed E-state index contributed by atoms with van der Waals surface area (Å²) in [7, 11) is 1.28. The minimum atomic E-state index is -4.01. The van der Waals surface area contributed by atoms with E-state index in [1.165, 1.54) is 20.0 Å². The van der Waals surface area contributed by atoms with Gasteiger partial charge in [-0.25, -0.2) is 4.79 Å². The predicted octanol–water partition coefficient (Wildman–Crippen LogP) is 9.58. The summed E-state index contributed by atoms with van der Waals surface area (Å²) in [6, 6.07) is 0. The fourth-order valence-corrected chi connectivity index (χ4v) is 1.38. The number of hydrogen-bond donors (Lipinski definition) is 1. The first-order chi connectivity index (χ1) is 16.3. The minimum Gasteiger partial charge on any atom is -0.463 e. The summed E-state index contributed by atoms with van der Waals surface area (Å²) in [6.07, 6.45) is -1.40. The maximum atomic E-state index is 11.7. The van der Waals surface area contributed by atoms with Crippen LogP contribution in [0.25, 0.3) is 0 Å². The first-order valence-corrected chi connectivity index (χ1v) is 13.4. The molecule has 0 aliphatic carbocycles. The van der Waals surface area contributed by atoms with Gasteiger partial charge in [0.1, 0.15) is 6.61 Å². The molecule has 0 heterocycles. The molecule has 0 spiro atoms. The number of halogens is 3. The lowest BCUT2D eigenvalue weighted by atomic mass is 9.86. The molecule has 0 atom stereocenters. The van der Waals surface area contributed by atoms with Crippen LogP contribution in [0.2, 0.25) is 0 Å². The number of alkyl carbamates (subject to hydrolysis) is 1. The topological polar surface area (TPSA) is 64.6 Å². The van der Waals surface area contributed by atoms with E-state index < -0.39 is 29.5 Å². The van der Waals surface area contributed by atoms with E-state index in [4.69, 9.17) is 4.74 Å². The highest BCUT2D eigenvalue weighted by atomic mass is 19.4. The Balaban J connectivity index is -0.000000213. The zero-order valence-electron chi connectivity index (χ0n) is 26.7. The molecule has 5 nitrogen and oxygen atoms in total. The fraction of sp³-hybridized carbons (Fsp3) is 0.931. The van der Waals surface area contributed by atoms with Crippen molar-refractivity contribution in [3.8, 4) is 0 Å². The number of ether oxygens (including phenoxy) is 2. The first kappa shape index (κ1) is 42.6. The van der Waals surface area contributed by atoms with Crippen LogP contribution in [0.5, 0.6) is 0 Å². The first-order valence-electron chi connectivity index (χ1n) is 13.4. The van der Waals surface area contributed by atoms with Gasteiger partial charge >= 0.3 is 18.2 Å². The Labute approximate surface area is 227 Å². The summed E-state index contributed by atoms with van der Waals surface area (Å²) in [6.45, 7) is 28.9.